The molecule has 2 heteroatoms. The van der Waals surface area contributed by atoms with Crippen molar-refractivity contribution >= 4 is 5.78 Å². The van der Waals surface area contributed by atoms with Gasteiger partial charge in [-0.05, 0) is 80.0 Å². The molecule has 29 heavy (non-hydrogen) atoms. The highest BCUT2D eigenvalue weighted by molar-refractivity contribution is 5.99. The Bertz CT molecular complexity index is 662. The summed E-state index contributed by atoms with van der Waals surface area (Å²) in [5.74, 6) is 0.684. The van der Waals surface area contributed by atoms with E-state index in [2.05, 4.69) is 86.6 Å². The van der Waals surface area contributed by atoms with E-state index in [0.717, 1.165) is 18.4 Å². The number of rotatable bonds is 9. The van der Waals surface area contributed by atoms with E-state index in [1.807, 2.05) is 6.92 Å². The van der Waals surface area contributed by atoms with Gasteiger partial charge in [0, 0.05) is 12.2 Å². The molecule has 0 aliphatic rings. The zero-order valence-electron chi connectivity index (χ0n) is 20.6. The fraction of sp³-hybridized carbons (Fsp3) is 0.667. The number of benzene rings is 1. The van der Waals surface area contributed by atoms with Crippen LogP contribution in [0.2, 0.25) is 0 Å². The van der Waals surface area contributed by atoms with Crippen molar-refractivity contribution in [3.63, 3.8) is 0 Å². The Kier molecular flexibility index (Phi) is 9.34. The molecule has 0 fully saturated rings. The fourth-order valence-corrected chi connectivity index (χ4v) is 3.19. The summed E-state index contributed by atoms with van der Waals surface area (Å²) in [6, 6.07) is 6.36. The van der Waals surface area contributed by atoms with Crippen molar-refractivity contribution < 1.29 is 9.53 Å². The molecule has 0 bridgehead atoms. The van der Waals surface area contributed by atoms with Crippen LogP contribution in [-0.2, 0) is 15.6 Å². The third kappa shape index (κ3) is 8.86. The summed E-state index contributed by atoms with van der Waals surface area (Å²) in [7, 11) is 0. The Labute approximate surface area is 180 Å². The van der Waals surface area contributed by atoms with Crippen molar-refractivity contribution in [1.29, 1.82) is 0 Å². The first-order valence-electron chi connectivity index (χ1n) is 11.2. The van der Waals surface area contributed by atoms with Crippen LogP contribution >= 0.6 is 0 Å². The number of carbonyl (C=O) groups is 1. The molecule has 1 rings (SSSR count). The lowest BCUT2D eigenvalue weighted by Gasteiger charge is -2.26. The second-order valence-electron chi connectivity index (χ2n) is 10.9. The average Bonchev–Trinajstić information content (AvgIpc) is 2.58. The molecule has 0 saturated heterocycles. The summed E-state index contributed by atoms with van der Waals surface area (Å²) >= 11 is 0. The molecular formula is C27H44O2. The highest BCUT2D eigenvalue weighted by Crippen LogP contribution is 2.31. The van der Waals surface area contributed by atoms with Gasteiger partial charge in [0.05, 0.1) is 0 Å². The molecule has 0 heterocycles. The molecular weight excluding hydrogens is 356 g/mol. The van der Waals surface area contributed by atoms with Crippen molar-refractivity contribution in [3.05, 3.63) is 46.5 Å². The zero-order chi connectivity index (χ0) is 22.4. The van der Waals surface area contributed by atoms with Crippen LogP contribution in [0.1, 0.15) is 110 Å². The lowest BCUT2D eigenvalue weighted by molar-refractivity contribution is 0.0435. The molecule has 0 spiro atoms. The monoisotopic (exact) mass is 400 g/mol. The summed E-state index contributed by atoms with van der Waals surface area (Å²) in [5, 5.41) is 0. The summed E-state index contributed by atoms with van der Waals surface area (Å²) in [6.07, 6.45) is 5.15. The van der Waals surface area contributed by atoms with Gasteiger partial charge in [-0.3, -0.25) is 4.79 Å². The van der Waals surface area contributed by atoms with Crippen LogP contribution in [-0.4, -0.2) is 18.5 Å². The van der Waals surface area contributed by atoms with Crippen LogP contribution < -0.4 is 0 Å². The highest BCUT2D eigenvalue weighted by Gasteiger charge is 2.24. The van der Waals surface area contributed by atoms with E-state index in [4.69, 9.17) is 4.74 Å². The normalized spacial score (nSPS) is 14.4. The van der Waals surface area contributed by atoms with Gasteiger partial charge in [-0.1, -0.05) is 66.2 Å². The summed E-state index contributed by atoms with van der Waals surface area (Å²) in [6.45, 7) is 22.2. The maximum atomic E-state index is 13.1. The largest absolute Gasteiger partial charge is 0.370 e. The molecule has 0 saturated carbocycles. The Morgan fingerprint density at radius 1 is 0.931 bits per heavy atom. The van der Waals surface area contributed by atoms with Crippen LogP contribution in [0.3, 0.4) is 0 Å². The van der Waals surface area contributed by atoms with Crippen LogP contribution in [0.4, 0.5) is 0 Å². The van der Waals surface area contributed by atoms with Gasteiger partial charge >= 0.3 is 0 Å². The first kappa shape index (κ1) is 25.6. The Morgan fingerprint density at radius 3 is 1.90 bits per heavy atom. The fourth-order valence-electron chi connectivity index (χ4n) is 3.19. The Morgan fingerprint density at radius 2 is 1.45 bits per heavy atom. The molecule has 164 valence electrons. The van der Waals surface area contributed by atoms with Crippen LogP contribution in [0.15, 0.2) is 29.8 Å². The number of ether oxygens (including phenoxy) is 1. The molecule has 0 radical (unpaired) electrons. The molecule has 0 N–H and O–H groups in total. The first-order valence-corrected chi connectivity index (χ1v) is 11.2. The average molecular weight is 401 g/mol. The number of hydrogen-bond acceptors (Lipinski definition) is 2. The van der Waals surface area contributed by atoms with Gasteiger partial charge in [0.1, 0.15) is 6.10 Å². The van der Waals surface area contributed by atoms with E-state index in [9.17, 15) is 4.79 Å². The predicted molar refractivity (Wildman–Crippen MR) is 126 cm³/mol. The molecule has 2 atom stereocenters. The molecule has 0 aliphatic heterocycles. The maximum Gasteiger partial charge on any atom is 0.191 e. The van der Waals surface area contributed by atoms with Crippen molar-refractivity contribution in [1.82, 2.24) is 0 Å². The van der Waals surface area contributed by atoms with E-state index in [-0.39, 0.29) is 16.6 Å². The second-order valence-corrected chi connectivity index (χ2v) is 10.9. The minimum absolute atomic E-state index is 0.00110. The van der Waals surface area contributed by atoms with E-state index in [0.29, 0.717) is 12.5 Å². The van der Waals surface area contributed by atoms with E-state index < -0.39 is 6.10 Å². The van der Waals surface area contributed by atoms with E-state index in [1.54, 1.807) is 0 Å². The number of Topliss-reactive ketones (excluding diaryl/α,β-unsaturated/α-hetero) is 1. The van der Waals surface area contributed by atoms with Gasteiger partial charge < -0.3 is 4.74 Å². The summed E-state index contributed by atoms with van der Waals surface area (Å²) < 4.78 is 5.94. The van der Waals surface area contributed by atoms with Crippen LogP contribution in [0.5, 0.6) is 0 Å². The third-order valence-electron chi connectivity index (χ3n) is 5.51. The second kappa shape index (κ2) is 10.6. The molecule has 1 aromatic rings. The topological polar surface area (TPSA) is 26.3 Å². The van der Waals surface area contributed by atoms with Gasteiger partial charge in [-0.15, -0.1) is 0 Å². The van der Waals surface area contributed by atoms with Gasteiger partial charge in [0.15, 0.2) is 5.78 Å². The van der Waals surface area contributed by atoms with Crippen molar-refractivity contribution in [2.75, 3.05) is 6.61 Å². The molecule has 1 unspecified atom stereocenters. The van der Waals surface area contributed by atoms with Crippen LogP contribution in [0.25, 0.3) is 0 Å². The lowest BCUT2D eigenvalue weighted by atomic mass is 9.79. The van der Waals surface area contributed by atoms with E-state index in [1.165, 1.54) is 23.1 Å². The first-order chi connectivity index (χ1) is 13.2. The lowest BCUT2D eigenvalue weighted by Crippen LogP contribution is -2.24. The van der Waals surface area contributed by atoms with Gasteiger partial charge in [-0.25, -0.2) is 0 Å². The maximum absolute atomic E-state index is 13.1. The van der Waals surface area contributed by atoms with E-state index >= 15 is 0 Å². The molecule has 2 nitrogen and oxygen atoms in total. The highest BCUT2D eigenvalue weighted by atomic mass is 16.5. The molecule has 0 aliphatic carbocycles. The standard InChI is InChI=1S/C27H44O2/c1-19(2)12-11-13-20(3)14-15-29-21(4)25(28)22-16-23(26(5,6)7)18-24(17-22)27(8,9)10/h12,16-18,20-21H,11,13-15H2,1-10H3/t20-,21?/m0/s1. The minimum atomic E-state index is -0.414. The predicted octanol–water partition coefficient (Wildman–Crippen LogP) is 7.64. The number of hydrogen-bond donors (Lipinski definition) is 0. The molecule has 0 amide bonds. The third-order valence-corrected chi connectivity index (χ3v) is 5.51. The Hall–Kier alpha value is -1.41. The summed E-state index contributed by atoms with van der Waals surface area (Å²) in [5.41, 5.74) is 4.55. The quantitative estimate of drug-likeness (QED) is 0.314. The van der Waals surface area contributed by atoms with Crippen LogP contribution in [0, 0.1) is 5.92 Å². The zero-order valence-corrected chi connectivity index (χ0v) is 20.6. The van der Waals surface area contributed by atoms with Crippen molar-refractivity contribution in [2.24, 2.45) is 5.92 Å². The van der Waals surface area contributed by atoms with Gasteiger partial charge in [0.25, 0.3) is 0 Å². The van der Waals surface area contributed by atoms with Crippen molar-refractivity contribution in [3.8, 4) is 0 Å². The minimum Gasteiger partial charge on any atom is -0.370 e. The number of carbonyl (C=O) groups excluding carboxylic acids is 1. The number of ketones is 1. The SMILES string of the molecule is CC(C)=CCC[C@H](C)CCOC(C)C(=O)c1cc(C(C)(C)C)cc(C(C)(C)C)c1. The smallest absolute Gasteiger partial charge is 0.191 e. The van der Waals surface area contributed by atoms with Gasteiger partial charge in [0.2, 0.25) is 0 Å². The molecule has 0 aromatic heterocycles. The molecule has 1 aromatic carbocycles. The van der Waals surface area contributed by atoms with Crippen molar-refractivity contribution in [2.45, 2.75) is 105 Å². The Balaban J connectivity index is 2.80. The number of allylic oxidation sites excluding steroid dienone is 2. The summed E-state index contributed by atoms with van der Waals surface area (Å²) in [4.78, 5) is 13.1. The van der Waals surface area contributed by atoms with Gasteiger partial charge in [-0.2, -0.15) is 0 Å².